The van der Waals surface area contributed by atoms with E-state index in [9.17, 15) is 5.11 Å². The molecule has 0 fully saturated rings. The van der Waals surface area contributed by atoms with E-state index in [0.717, 1.165) is 11.3 Å². The molecule has 0 saturated heterocycles. The second-order valence-corrected chi connectivity index (χ2v) is 4.86. The Morgan fingerprint density at radius 3 is 2.44 bits per heavy atom. The van der Waals surface area contributed by atoms with E-state index >= 15 is 0 Å². The van der Waals surface area contributed by atoms with Crippen LogP contribution in [0.3, 0.4) is 0 Å². The standard InChI is InChI=1S/C14H16OS/c1-2-12(11-7-4-3-5-8-11)14(15)13-9-6-10-16-13/h3-10,12,14-15H,2H2,1H3. The fraction of sp³-hybridized carbons (Fsp3) is 0.286. The highest BCUT2D eigenvalue weighted by atomic mass is 32.1. The normalized spacial score (nSPS) is 14.6. The van der Waals surface area contributed by atoms with Crippen LogP contribution >= 0.6 is 11.3 Å². The van der Waals surface area contributed by atoms with Crippen LogP contribution in [0.2, 0.25) is 0 Å². The van der Waals surface area contributed by atoms with E-state index in [-0.39, 0.29) is 12.0 Å². The SMILES string of the molecule is CCC(c1ccccc1)C(O)c1cccs1. The molecule has 2 rings (SSSR count). The van der Waals surface area contributed by atoms with Crippen LogP contribution in [0, 0.1) is 0 Å². The summed E-state index contributed by atoms with van der Waals surface area (Å²) in [4.78, 5) is 1.05. The molecular formula is C14H16OS. The van der Waals surface area contributed by atoms with Crippen LogP contribution in [-0.2, 0) is 0 Å². The average molecular weight is 232 g/mol. The second kappa shape index (κ2) is 5.28. The first-order valence-corrected chi connectivity index (χ1v) is 6.47. The maximum Gasteiger partial charge on any atom is 0.0950 e. The molecule has 0 radical (unpaired) electrons. The fourth-order valence-corrected chi connectivity index (χ4v) is 2.77. The summed E-state index contributed by atoms with van der Waals surface area (Å²) in [7, 11) is 0. The Morgan fingerprint density at radius 2 is 1.88 bits per heavy atom. The van der Waals surface area contributed by atoms with Crippen LogP contribution in [0.25, 0.3) is 0 Å². The van der Waals surface area contributed by atoms with Gasteiger partial charge in [-0.05, 0) is 23.4 Å². The lowest BCUT2D eigenvalue weighted by Crippen LogP contribution is -2.08. The molecule has 2 heteroatoms. The summed E-state index contributed by atoms with van der Waals surface area (Å²) in [5, 5.41) is 12.3. The molecule has 2 aromatic rings. The van der Waals surface area contributed by atoms with Gasteiger partial charge in [0.05, 0.1) is 6.10 Å². The summed E-state index contributed by atoms with van der Waals surface area (Å²) in [6, 6.07) is 14.2. The minimum absolute atomic E-state index is 0.194. The lowest BCUT2D eigenvalue weighted by Gasteiger charge is -2.21. The van der Waals surface area contributed by atoms with Crippen molar-refractivity contribution >= 4 is 11.3 Å². The molecule has 1 N–H and O–H groups in total. The van der Waals surface area contributed by atoms with Crippen molar-refractivity contribution in [3.05, 3.63) is 58.3 Å². The Hall–Kier alpha value is -1.12. The molecule has 84 valence electrons. The van der Waals surface area contributed by atoms with Crippen molar-refractivity contribution in [1.82, 2.24) is 0 Å². The largest absolute Gasteiger partial charge is 0.387 e. The van der Waals surface area contributed by atoms with Gasteiger partial charge in [0.15, 0.2) is 0 Å². The highest BCUT2D eigenvalue weighted by Gasteiger charge is 2.21. The van der Waals surface area contributed by atoms with Gasteiger partial charge in [-0.3, -0.25) is 0 Å². The molecule has 0 bridgehead atoms. The van der Waals surface area contributed by atoms with Gasteiger partial charge < -0.3 is 5.11 Å². The van der Waals surface area contributed by atoms with Gasteiger partial charge in [-0.25, -0.2) is 0 Å². The summed E-state index contributed by atoms with van der Waals surface area (Å²) >= 11 is 1.62. The summed E-state index contributed by atoms with van der Waals surface area (Å²) in [5.74, 6) is 0.194. The van der Waals surface area contributed by atoms with E-state index in [1.165, 1.54) is 5.56 Å². The van der Waals surface area contributed by atoms with Crippen molar-refractivity contribution in [2.75, 3.05) is 0 Å². The molecule has 2 unspecified atom stereocenters. The highest BCUT2D eigenvalue weighted by Crippen LogP contribution is 2.35. The smallest absolute Gasteiger partial charge is 0.0950 e. The van der Waals surface area contributed by atoms with Gasteiger partial charge >= 0.3 is 0 Å². The summed E-state index contributed by atoms with van der Waals surface area (Å²) < 4.78 is 0. The molecule has 0 amide bonds. The zero-order chi connectivity index (χ0) is 11.4. The quantitative estimate of drug-likeness (QED) is 0.845. The molecule has 1 nitrogen and oxygen atoms in total. The zero-order valence-corrected chi connectivity index (χ0v) is 10.2. The Balaban J connectivity index is 2.23. The van der Waals surface area contributed by atoms with E-state index in [4.69, 9.17) is 0 Å². The number of rotatable bonds is 4. The number of hydrogen-bond acceptors (Lipinski definition) is 2. The maximum atomic E-state index is 10.3. The molecule has 2 atom stereocenters. The van der Waals surface area contributed by atoms with Crippen molar-refractivity contribution in [3.63, 3.8) is 0 Å². The molecule has 0 aliphatic rings. The second-order valence-electron chi connectivity index (χ2n) is 3.89. The molecule has 1 aromatic carbocycles. The van der Waals surface area contributed by atoms with Gasteiger partial charge in [0.25, 0.3) is 0 Å². The molecule has 0 aliphatic heterocycles. The first-order chi connectivity index (χ1) is 7.83. The Kier molecular flexibility index (Phi) is 3.75. The van der Waals surface area contributed by atoms with E-state index < -0.39 is 0 Å². The van der Waals surface area contributed by atoms with E-state index in [1.807, 2.05) is 35.7 Å². The summed E-state index contributed by atoms with van der Waals surface area (Å²) in [5.41, 5.74) is 1.21. The van der Waals surface area contributed by atoms with Gasteiger partial charge in [0.2, 0.25) is 0 Å². The van der Waals surface area contributed by atoms with Gasteiger partial charge in [0.1, 0.15) is 0 Å². The Morgan fingerprint density at radius 1 is 1.12 bits per heavy atom. The van der Waals surface area contributed by atoms with Crippen LogP contribution in [-0.4, -0.2) is 5.11 Å². The molecule has 0 saturated carbocycles. The van der Waals surface area contributed by atoms with Gasteiger partial charge in [0, 0.05) is 10.8 Å². The average Bonchev–Trinajstić information content (AvgIpc) is 2.85. The Labute approximate surface area is 100 Å². The van der Waals surface area contributed by atoms with Crippen LogP contribution in [0.4, 0.5) is 0 Å². The molecule has 1 aromatic heterocycles. The molecule has 0 aliphatic carbocycles. The topological polar surface area (TPSA) is 20.2 Å². The first-order valence-electron chi connectivity index (χ1n) is 5.59. The monoisotopic (exact) mass is 232 g/mol. The summed E-state index contributed by atoms with van der Waals surface area (Å²) in [6.07, 6.45) is 0.565. The van der Waals surface area contributed by atoms with Crippen LogP contribution < -0.4 is 0 Å². The number of aliphatic hydroxyl groups excluding tert-OH is 1. The first kappa shape index (κ1) is 11.4. The zero-order valence-electron chi connectivity index (χ0n) is 9.34. The number of hydrogen-bond donors (Lipinski definition) is 1. The fourth-order valence-electron chi connectivity index (χ4n) is 2.00. The molecular weight excluding hydrogens is 216 g/mol. The van der Waals surface area contributed by atoms with Crippen molar-refractivity contribution in [2.45, 2.75) is 25.4 Å². The number of aliphatic hydroxyl groups is 1. The number of benzene rings is 1. The van der Waals surface area contributed by atoms with E-state index in [0.29, 0.717) is 0 Å². The Bertz CT molecular complexity index is 408. The predicted octanol–water partition coefficient (Wildman–Crippen LogP) is 3.98. The van der Waals surface area contributed by atoms with Gasteiger partial charge in [-0.2, -0.15) is 0 Å². The van der Waals surface area contributed by atoms with Gasteiger partial charge in [-0.15, -0.1) is 11.3 Å². The number of thiophene rings is 1. The van der Waals surface area contributed by atoms with Crippen LogP contribution in [0.1, 0.15) is 35.8 Å². The highest BCUT2D eigenvalue weighted by molar-refractivity contribution is 7.10. The van der Waals surface area contributed by atoms with Crippen LogP contribution in [0.15, 0.2) is 47.8 Å². The van der Waals surface area contributed by atoms with E-state index in [1.54, 1.807) is 11.3 Å². The lowest BCUT2D eigenvalue weighted by atomic mass is 9.90. The minimum atomic E-state index is -0.382. The molecule has 0 spiro atoms. The van der Waals surface area contributed by atoms with Gasteiger partial charge in [-0.1, -0.05) is 43.3 Å². The third-order valence-corrected chi connectivity index (χ3v) is 3.83. The third-order valence-electron chi connectivity index (χ3n) is 2.88. The van der Waals surface area contributed by atoms with E-state index in [2.05, 4.69) is 19.1 Å². The predicted molar refractivity (Wildman–Crippen MR) is 68.8 cm³/mol. The van der Waals surface area contributed by atoms with Crippen LogP contribution in [0.5, 0.6) is 0 Å². The lowest BCUT2D eigenvalue weighted by molar-refractivity contribution is 0.146. The van der Waals surface area contributed by atoms with Crippen molar-refractivity contribution < 1.29 is 5.11 Å². The minimum Gasteiger partial charge on any atom is -0.387 e. The van der Waals surface area contributed by atoms with Crippen molar-refractivity contribution in [2.24, 2.45) is 0 Å². The molecule has 1 heterocycles. The maximum absolute atomic E-state index is 10.3. The van der Waals surface area contributed by atoms with Crippen molar-refractivity contribution in [1.29, 1.82) is 0 Å². The third kappa shape index (κ3) is 2.34. The summed E-state index contributed by atoms with van der Waals surface area (Å²) in [6.45, 7) is 2.12. The van der Waals surface area contributed by atoms with Crippen molar-refractivity contribution in [3.8, 4) is 0 Å². The molecule has 16 heavy (non-hydrogen) atoms.